The van der Waals surface area contributed by atoms with Crippen LogP contribution < -0.4 is 4.74 Å². The van der Waals surface area contributed by atoms with Gasteiger partial charge in [-0.05, 0) is 26.0 Å². The van der Waals surface area contributed by atoms with Crippen molar-refractivity contribution >= 4 is 16.9 Å². The fraction of sp³-hybridized carbons (Fsp3) is 0.353. The third-order valence-corrected chi connectivity index (χ3v) is 3.91. The molecular weight excluding hydrogens is 310 g/mol. The Morgan fingerprint density at radius 2 is 2.12 bits per heavy atom. The van der Waals surface area contributed by atoms with Gasteiger partial charge in [0.15, 0.2) is 11.6 Å². The summed E-state index contributed by atoms with van der Waals surface area (Å²) in [5.41, 5.74) is 1.43. The highest BCUT2D eigenvalue weighted by atomic mass is 16.5. The van der Waals surface area contributed by atoms with Gasteiger partial charge in [0.05, 0.1) is 13.7 Å². The Kier molecular flexibility index (Phi) is 4.24. The second-order valence-corrected chi connectivity index (χ2v) is 5.47. The molecule has 126 valence electrons. The van der Waals surface area contributed by atoms with Crippen LogP contribution in [0.25, 0.3) is 11.0 Å². The van der Waals surface area contributed by atoms with Crippen molar-refractivity contribution in [2.45, 2.75) is 27.3 Å². The van der Waals surface area contributed by atoms with E-state index in [2.05, 4.69) is 10.1 Å². The van der Waals surface area contributed by atoms with Gasteiger partial charge in [-0.3, -0.25) is 4.79 Å². The zero-order chi connectivity index (χ0) is 17.3. The van der Waals surface area contributed by atoms with E-state index in [9.17, 15) is 4.79 Å². The van der Waals surface area contributed by atoms with Crippen LogP contribution in [0.5, 0.6) is 5.75 Å². The van der Waals surface area contributed by atoms with Gasteiger partial charge in [0.2, 0.25) is 5.89 Å². The van der Waals surface area contributed by atoms with Gasteiger partial charge < -0.3 is 18.6 Å². The van der Waals surface area contributed by atoms with E-state index in [0.29, 0.717) is 35.4 Å². The van der Waals surface area contributed by atoms with Gasteiger partial charge in [-0.2, -0.15) is 4.98 Å². The molecule has 0 aliphatic heterocycles. The molecule has 2 heterocycles. The number of nitrogens with zero attached hydrogens (tertiary/aromatic N) is 3. The van der Waals surface area contributed by atoms with Crippen molar-refractivity contribution in [2.75, 3.05) is 13.7 Å². The number of furan rings is 1. The Morgan fingerprint density at radius 3 is 2.75 bits per heavy atom. The van der Waals surface area contributed by atoms with E-state index in [1.54, 1.807) is 25.0 Å². The van der Waals surface area contributed by atoms with E-state index in [0.717, 1.165) is 10.9 Å². The van der Waals surface area contributed by atoms with E-state index < -0.39 is 0 Å². The van der Waals surface area contributed by atoms with Crippen LogP contribution in [0.4, 0.5) is 0 Å². The minimum Gasteiger partial charge on any atom is -0.497 e. The monoisotopic (exact) mass is 329 g/mol. The number of methoxy groups -OCH3 is 1. The largest absolute Gasteiger partial charge is 0.497 e. The van der Waals surface area contributed by atoms with E-state index >= 15 is 0 Å². The van der Waals surface area contributed by atoms with Crippen LogP contribution in [-0.2, 0) is 6.54 Å². The first kappa shape index (κ1) is 16.0. The molecule has 2 aromatic heterocycles. The van der Waals surface area contributed by atoms with Crippen molar-refractivity contribution in [3.8, 4) is 5.75 Å². The quantitative estimate of drug-likeness (QED) is 0.715. The van der Waals surface area contributed by atoms with Crippen LogP contribution in [0.2, 0.25) is 0 Å². The molecule has 0 aliphatic rings. The number of carbonyl (C=O) groups excluding carboxylic acids is 1. The molecule has 0 spiro atoms. The third kappa shape index (κ3) is 2.84. The predicted molar refractivity (Wildman–Crippen MR) is 87.0 cm³/mol. The Balaban J connectivity index is 1.92. The van der Waals surface area contributed by atoms with Crippen molar-refractivity contribution in [1.29, 1.82) is 0 Å². The molecule has 3 aromatic rings. The summed E-state index contributed by atoms with van der Waals surface area (Å²) in [7, 11) is 1.59. The number of carbonyl (C=O) groups is 1. The summed E-state index contributed by atoms with van der Waals surface area (Å²) in [6.07, 6.45) is 0. The number of hydrogen-bond acceptors (Lipinski definition) is 6. The van der Waals surface area contributed by atoms with Crippen molar-refractivity contribution in [1.82, 2.24) is 15.0 Å². The zero-order valence-corrected chi connectivity index (χ0v) is 14.1. The Labute approximate surface area is 139 Å². The van der Waals surface area contributed by atoms with Gasteiger partial charge >= 0.3 is 0 Å². The maximum atomic E-state index is 12.8. The molecule has 0 fully saturated rings. The van der Waals surface area contributed by atoms with Gasteiger partial charge in [0, 0.05) is 30.5 Å². The maximum Gasteiger partial charge on any atom is 0.290 e. The molecule has 0 N–H and O–H groups in total. The molecule has 0 atom stereocenters. The van der Waals surface area contributed by atoms with Crippen LogP contribution in [0.1, 0.15) is 34.8 Å². The lowest BCUT2D eigenvalue weighted by atomic mass is 10.1. The fourth-order valence-electron chi connectivity index (χ4n) is 2.58. The van der Waals surface area contributed by atoms with Crippen molar-refractivity contribution in [3.05, 3.63) is 41.2 Å². The number of aromatic nitrogens is 2. The first-order chi connectivity index (χ1) is 11.5. The fourth-order valence-corrected chi connectivity index (χ4v) is 2.58. The van der Waals surface area contributed by atoms with Crippen LogP contribution in [-0.4, -0.2) is 34.6 Å². The summed E-state index contributed by atoms with van der Waals surface area (Å²) in [6.45, 7) is 6.26. The average molecular weight is 329 g/mol. The molecule has 0 bridgehead atoms. The molecule has 0 saturated heterocycles. The van der Waals surface area contributed by atoms with E-state index in [4.69, 9.17) is 13.7 Å². The molecular formula is C17H19N3O4. The average Bonchev–Trinajstić information content (AvgIpc) is 3.15. The maximum absolute atomic E-state index is 12.8. The van der Waals surface area contributed by atoms with Crippen molar-refractivity contribution < 1.29 is 18.5 Å². The molecule has 0 saturated carbocycles. The molecule has 0 unspecified atom stereocenters. The van der Waals surface area contributed by atoms with Crippen LogP contribution >= 0.6 is 0 Å². The van der Waals surface area contributed by atoms with Gasteiger partial charge in [0.25, 0.3) is 5.91 Å². The lowest BCUT2D eigenvalue weighted by Gasteiger charge is -2.17. The first-order valence-electron chi connectivity index (χ1n) is 7.69. The lowest BCUT2D eigenvalue weighted by molar-refractivity contribution is 0.0716. The van der Waals surface area contributed by atoms with Crippen molar-refractivity contribution in [3.63, 3.8) is 0 Å². The third-order valence-electron chi connectivity index (χ3n) is 3.91. The lowest BCUT2D eigenvalue weighted by Crippen LogP contribution is -2.30. The summed E-state index contributed by atoms with van der Waals surface area (Å²) in [5, 5.41) is 4.73. The summed E-state index contributed by atoms with van der Waals surface area (Å²) in [4.78, 5) is 18.6. The highest BCUT2D eigenvalue weighted by molar-refractivity contribution is 5.99. The SMILES string of the molecule is CCN(Cc1noc(C)n1)C(=O)c1oc2cc(OC)ccc2c1C. The molecule has 3 rings (SSSR count). The van der Waals surface area contributed by atoms with Gasteiger partial charge in [-0.1, -0.05) is 5.16 Å². The number of hydrogen-bond donors (Lipinski definition) is 0. The molecule has 1 aromatic carbocycles. The minimum atomic E-state index is -0.201. The summed E-state index contributed by atoms with van der Waals surface area (Å²) in [5.74, 6) is 1.75. The van der Waals surface area contributed by atoms with E-state index in [-0.39, 0.29) is 12.5 Å². The Bertz CT molecular complexity index is 881. The Morgan fingerprint density at radius 1 is 1.33 bits per heavy atom. The van der Waals surface area contributed by atoms with Crippen LogP contribution in [0, 0.1) is 13.8 Å². The standard InChI is InChI=1S/C17H19N3O4/c1-5-20(9-15-18-11(3)24-19-15)17(21)16-10(2)13-7-6-12(22-4)8-14(13)23-16/h6-8H,5,9H2,1-4H3. The zero-order valence-electron chi connectivity index (χ0n) is 14.1. The molecule has 0 radical (unpaired) electrons. The number of aryl methyl sites for hydroxylation is 2. The highest BCUT2D eigenvalue weighted by Gasteiger charge is 2.24. The van der Waals surface area contributed by atoms with Crippen molar-refractivity contribution in [2.24, 2.45) is 0 Å². The van der Waals surface area contributed by atoms with Gasteiger partial charge in [-0.15, -0.1) is 0 Å². The smallest absolute Gasteiger partial charge is 0.290 e. The second-order valence-electron chi connectivity index (χ2n) is 5.47. The molecule has 7 nitrogen and oxygen atoms in total. The molecule has 0 aliphatic carbocycles. The predicted octanol–water partition coefficient (Wildman–Crippen LogP) is 3.10. The first-order valence-corrected chi connectivity index (χ1v) is 7.69. The molecule has 1 amide bonds. The van der Waals surface area contributed by atoms with E-state index in [1.165, 1.54) is 0 Å². The minimum absolute atomic E-state index is 0.201. The summed E-state index contributed by atoms with van der Waals surface area (Å²) in [6, 6.07) is 5.51. The topological polar surface area (TPSA) is 81.6 Å². The number of fused-ring (bicyclic) bond motifs is 1. The second kappa shape index (κ2) is 6.35. The van der Waals surface area contributed by atoms with Crippen LogP contribution in [0.15, 0.2) is 27.1 Å². The highest BCUT2D eigenvalue weighted by Crippen LogP contribution is 2.29. The van der Waals surface area contributed by atoms with Gasteiger partial charge in [0.1, 0.15) is 11.3 Å². The molecule has 24 heavy (non-hydrogen) atoms. The van der Waals surface area contributed by atoms with Gasteiger partial charge in [-0.25, -0.2) is 0 Å². The van der Waals surface area contributed by atoms with E-state index in [1.807, 2.05) is 26.0 Å². The number of benzene rings is 1. The number of ether oxygens (including phenoxy) is 1. The van der Waals surface area contributed by atoms with Crippen LogP contribution in [0.3, 0.4) is 0 Å². The normalized spacial score (nSPS) is 11.0. The Hall–Kier alpha value is -2.83. The number of rotatable bonds is 5. The summed E-state index contributed by atoms with van der Waals surface area (Å²) >= 11 is 0. The summed E-state index contributed by atoms with van der Waals surface area (Å²) < 4.78 is 15.9. The molecule has 7 heteroatoms. The number of amides is 1.